The van der Waals surface area contributed by atoms with E-state index in [1.54, 1.807) is 27.5 Å². The first-order valence-corrected chi connectivity index (χ1v) is 10.3. The zero-order valence-corrected chi connectivity index (χ0v) is 20.2. The Morgan fingerprint density at radius 3 is 2.26 bits per heavy atom. The Balaban J connectivity index is 0.000000323. The molecule has 188 valence electrons. The summed E-state index contributed by atoms with van der Waals surface area (Å²) in [6, 6.07) is 6.37. The first-order valence-electron chi connectivity index (χ1n) is 10.3. The van der Waals surface area contributed by atoms with Gasteiger partial charge >= 0.3 is 5.69 Å². The maximum absolute atomic E-state index is 12.9. The topological polar surface area (TPSA) is 112 Å². The van der Waals surface area contributed by atoms with Gasteiger partial charge in [0.15, 0.2) is 0 Å². The number of hydrogen-bond donors (Lipinski definition) is 1. The summed E-state index contributed by atoms with van der Waals surface area (Å²) >= 11 is 0. The number of halogens is 2. The van der Waals surface area contributed by atoms with Crippen LogP contribution >= 0.6 is 0 Å². The minimum atomic E-state index is -0.951. The van der Waals surface area contributed by atoms with Gasteiger partial charge < -0.3 is 19.4 Å². The van der Waals surface area contributed by atoms with Gasteiger partial charge in [-0.3, -0.25) is 19.1 Å². The molecule has 11 heteroatoms. The summed E-state index contributed by atoms with van der Waals surface area (Å²) in [7, 11) is 4.87. The molecule has 0 aliphatic heterocycles. The van der Waals surface area contributed by atoms with E-state index in [0.29, 0.717) is 12.0 Å². The Hall–Kier alpha value is -3.99. The van der Waals surface area contributed by atoms with Crippen LogP contribution in [-0.4, -0.2) is 47.1 Å². The monoisotopic (exact) mass is 490 g/mol. The molecule has 0 unspecified atom stereocenters. The number of amides is 1. The molecule has 1 aromatic carbocycles. The molecule has 3 rings (SSSR count). The summed E-state index contributed by atoms with van der Waals surface area (Å²) < 4.78 is 32.7. The molecule has 3 aromatic rings. The molecule has 0 atom stereocenters. The number of carbonyl (C=O) groups excluding carboxylic acids is 2. The third-order valence-electron chi connectivity index (χ3n) is 4.52. The fraction of sp³-hybridized carbons (Fsp3) is 0.292. The zero-order valence-electron chi connectivity index (χ0n) is 20.2. The predicted octanol–water partition coefficient (Wildman–Crippen LogP) is 1.76. The lowest BCUT2D eigenvalue weighted by molar-refractivity contribution is -0.107. The van der Waals surface area contributed by atoms with Crippen molar-refractivity contribution in [2.45, 2.75) is 20.4 Å². The third-order valence-corrected chi connectivity index (χ3v) is 4.52. The Kier molecular flexibility index (Phi) is 11.9. The number of ether oxygens (including phenoxy) is 1. The summed E-state index contributed by atoms with van der Waals surface area (Å²) in [5, 5.41) is 2.04. The Bertz CT molecular complexity index is 1250. The number of benzene rings is 1. The van der Waals surface area contributed by atoms with Gasteiger partial charge in [-0.05, 0) is 43.2 Å². The standard InChI is InChI=1S/C13H15N3O2.C9H7F2NO2.C2H6O/c1-9-6-11(14-7-10(9)2)8-16-12(17)4-5-15(3)13(16)18;10-6-2-1-3-7(11)8(6)9(14)12-4-5-13;1-3-2/h4-7H,8H2,1-3H3;1-3,5H,4H2,(H,12,14);1-2H3. The lowest BCUT2D eigenvalue weighted by Gasteiger charge is -2.07. The van der Waals surface area contributed by atoms with Gasteiger partial charge in [-0.25, -0.2) is 13.6 Å². The second kappa shape index (κ2) is 14.3. The summed E-state index contributed by atoms with van der Waals surface area (Å²) in [6.07, 6.45) is 3.65. The molecule has 0 saturated heterocycles. The number of pyridine rings is 1. The smallest absolute Gasteiger partial charge is 0.331 e. The van der Waals surface area contributed by atoms with E-state index in [-0.39, 0.29) is 24.3 Å². The van der Waals surface area contributed by atoms with E-state index in [2.05, 4.69) is 9.72 Å². The molecule has 0 radical (unpaired) electrons. The molecule has 0 aliphatic rings. The SMILES string of the molecule is COC.Cc1cnc(Cn2c(=O)ccn(C)c2=O)cc1C.O=CCNC(=O)c1c(F)cccc1F. The average molecular weight is 491 g/mol. The maximum Gasteiger partial charge on any atom is 0.331 e. The molecule has 35 heavy (non-hydrogen) atoms. The largest absolute Gasteiger partial charge is 0.388 e. The van der Waals surface area contributed by atoms with E-state index in [4.69, 9.17) is 0 Å². The van der Waals surface area contributed by atoms with Gasteiger partial charge in [0.1, 0.15) is 23.5 Å². The molecule has 0 bridgehead atoms. The molecule has 2 aromatic heterocycles. The minimum absolute atomic E-state index is 0.202. The van der Waals surface area contributed by atoms with Crippen LogP contribution in [0.4, 0.5) is 8.78 Å². The van der Waals surface area contributed by atoms with E-state index in [0.717, 1.165) is 29.3 Å². The van der Waals surface area contributed by atoms with Crippen molar-refractivity contribution in [2.24, 2.45) is 7.05 Å². The van der Waals surface area contributed by atoms with Crippen LogP contribution in [-0.2, 0) is 23.1 Å². The van der Waals surface area contributed by atoms with Crippen LogP contribution in [0.2, 0.25) is 0 Å². The van der Waals surface area contributed by atoms with E-state index >= 15 is 0 Å². The normalized spacial score (nSPS) is 9.80. The van der Waals surface area contributed by atoms with Crippen LogP contribution in [0, 0.1) is 25.5 Å². The molecule has 1 N–H and O–H groups in total. The number of methoxy groups -OCH3 is 1. The number of aryl methyl sites for hydroxylation is 3. The number of aromatic nitrogens is 3. The van der Waals surface area contributed by atoms with Crippen molar-refractivity contribution in [3.8, 4) is 0 Å². The number of nitrogens with zero attached hydrogens (tertiary/aromatic N) is 3. The summed E-state index contributed by atoms with van der Waals surface area (Å²) in [5.41, 5.74) is 1.59. The molecule has 2 heterocycles. The fourth-order valence-electron chi connectivity index (χ4n) is 2.63. The number of aldehydes is 1. The zero-order chi connectivity index (χ0) is 26.5. The number of nitrogens with one attached hydrogen (secondary N) is 1. The Morgan fingerprint density at radius 2 is 1.71 bits per heavy atom. The Morgan fingerprint density at radius 1 is 1.11 bits per heavy atom. The molecule has 1 amide bonds. The van der Waals surface area contributed by atoms with Crippen molar-refractivity contribution in [1.29, 1.82) is 0 Å². The number of hydrogen-bond acceptors (Lipinski definition) is 6. The van der Waals surface area contributed by atoms with E-state index in [1.165, 1.54) is 21.4 Å². The molecule has 0 fully saturated rings. The van der Waals surface area contributed by atoms with Crippen molar-refractivity contribution in [2.75, 3.05) is 20.8 Å². The van der Waals surface area contributed by atoms with Crippen LogP contribution in [0.5, 0.6) is 0 Å². The lowest BCUT2D eigenvalue weighted by atomic mass is 10.1. The van der Waals surface area contributed by atoms with Gasteiger partial charge in [-0.15, -0.1) is 0 Å². The molecule has 9 nitrogen and oxygen atoms in total. The highest BCUT2D eigenvalue weighted by Gasteiger charge is 2.15. The van der Waals surface area contributed by atoms with E-state index < -0.39 is 23.1 Å². The lowest BCUT2D eigenvalue weighted by Crippen LogP contribution is -2.38. The first kappa shape index (κ1) is 29.0. The molecular formula is C24H28F2N4O5. The van der Waals surface area contributed by atoms with Crippen molar-refractivity contribution in [3.05, 3.63) is 97.6 Å². The average Bonchev–Trinajstić information content (AvgIpc) is 2.81. The van der Waals surface area contributed by atoms with E-state index in [9.17, 15) is 28.0 Å². The fourth-order valence-corrected chi connectivity index (χ4v) is 2.63. The van der Waals surface area contributed by atoms with Crippen LogP contribution in [0.3, 0.4) is 0 Å². The Labute approximate surface area is 201 Å². The second-order valence-corrected chi connectivity index (χ2v) is 7.28. The van der Waals surface area contributed by atoms with Gasteiger partial charge in [0.2, 0.25) is 0 Å². The minimum Gasteiger partial charge on any atom is -0.388 e. The first-order chi connectivity index (χ1) is 16.6. The molecular weight excluding hydrogens is 462 g/mol. The number of rotatable bonds is 5. The third kappa shape index (κ3) is 8.70. The second-order valence-electron chi connectivity index (χ2n) is 7.28. The molecule has 0 aliphatic carbocycles. The summed E-state index contributed by atoms with van der Waals surface area (Å²) in [5.74, 6) is -2.84. The molecule has 0 spiro atoms. The van der Waals surface area contributed by atoms with Crippen LogP contribution in [0.15, 0.2) is 52.3 Å². The van der Waals surface area contributed by atoms with Crippen molar-refractivity contribution < 1.29 is 23.1 Å². The van der Waals surface area contributed by atoms with Gasteiger partial charge in [0, 0.05) is 39.7 Å². The highest BCUT2D eigenvalue weighted by Crippen LogP contribution is 2.11. The van der Waals surface area contributed by atoms with Crippen LogP contribution < -0.4 is 16.6 Å². The quantitative estimate of drug-likeness (QED) is 0.546. The van der Waals surface area contributed by atoms with Crippen molar-refractivity contribution in [3.63, 3.8) is 0 Å². The summed E-state index contributed by atoms with van der Waals surface area (Å²) in [4.78, 5) is 48.8. The van der Waals surface area contributed by atoms with Crippen molar-refractivity contribution >= 4 is 12.2 Å². The van der Waals surface area contributed by atoms with Crippen LogP contribution in [0.1, 0.15) is 27.2 Å². The van der Waals surface area contributed by atoms with E-state index in [1.807, 2.05) is 25.2 Å². The highest BCUT2D eigenvalue weighted by atomic mass is 19.1. The highest BCUT2D eigenvalue weighted by molar-refractivity contribution is 5.95. The van der Waals surface area contributed by atoms with Gasteiger partial charge in [-0.1, -0.05) is 6.07 Å². The van der Waals surface area contributed by atoms with Gasteiger partial charge in [0.05, 0.1) is 18.8 Å². The maximum atomic E-state index is 12.9. The number of carbonyl (C=O) groups is 2. The molecule has 0 saturated carbocycles. The predicted molar refractivity (Wildman–Crippen MR) is 126 cm³/mol. The van der Waals surface area contributed by atoms with Gasteiger partial charge in [0.25, 0.3) is 11.5 Å². The van der Waals surface area contributed by atoms with Gasteiger partial charge in [-0.2, -0.15) is 0 Å². The van der Waals surface area contributed by atoms with Crippen LogP contribution in [0.25, 0.3) is 0 Å². The summed E-state index contributed by atoms with van der Waals surface area (Å²) in [6.45, 7) is 3.88. The van der Waals surface area contributed by atoms with Crippen molar-refractivity contribution in [1.82, 2.24) is 19.4 Å².